The van der Waals surface area contributed by atoms with E-state index in [1.807, 2.05) is 6.07 Å². The Hall–Kier alpha value is -1.84. The van der Waals surface area contributed by atoms with Crippen molar-refractivity contribution in [3.05, 3.63) is 22.8 Å². The largest absolute Gasteiger partial charge is 0.493 e. The van der Waals surface area contributed by atoms with Gasteiger partial charge in [-0.15, -0.1) is 0 Å². The number of rotatable bonds is 3. The molecule has 84 valence electrons. The molecule has 2 rings (SSSR count). The summed E-state index contributed by atoms with van der Waals surface area (Å²) in [6, 6.07) is 1.85. The third-order valence-corrected chi connectivity index (χ3v) is 2.69. The van der Waals surface area contributed by atoms with Crippen LogP contribution < -0.4 is 9.47 Å². The molecule has 0 aliphatic carbocycles. The Balaban J connectivity index is 2.70. The summed E-state index contributed by atoms with van der Waals surface area (Å²) in [4.78, 5) is 15.3. The summed E-state index contributed by atoms with van der Waals surface area (Å²) in [6.45, 7) is 0.712. The van der Waals surface area contributed by atoms with Crippen LogP contribution >= 0.6 is 0 Å². The molecular weight excluding hydrogens is 206 g/mol. The van der Waals surface area contributed by atoms with Crippen LogP contribution in [0.15, 0.2) is 11.1 Å². The summed E-state index contributed by atoms with van der Waals surface area (Å²) in [7, 11) is 3.09. The van der Waals surface area contributed by atoms with E-state index in [9.17, 15) is 4.79 Å². The molecule has 1 aliphatic rings. The van der Waals surface area contributed by atoms with Crippen molar-refractivity contribution in [2.75, 3.05) is 20.8 Å². The molecule has 1 heterocycles. The highest BCUT2D eigenvalue weighted by atomic mass is 16.5. The van der Waals surface area contributed by atoms with Gasteiger partial charge in [0.15, 0.2) is 17.8 Å². The topological polar surface area (TPSA) is 47.9 Å². The number of carbonyl (C=O) groups excluding carboxylic acids is 1. The predicted molar refractivity (Wildman–Crippen MR) is 61.1 cm³/mol. The van der Waals surface area contributed by atoms with Gasteiger partial charge < -0.3 is 9.47 Å². The Kier molecular flexibility index (Phi) is 2.90. The van der Waals surface area contributed by atoms with Gasteiger partial charge in [0.2, 0.25) is 0 Å². The molecule has 0 aromatic heterocycles. The lowest BCUT2D eigenvalue weighted by Gasteiger charge is -2.17. The van der Waals surface area contributed by atoms with Gasteiger partial charge in [0.05, 0.1) is 19.8 Å². The second-order valence-electron chi connectivity index (χ2n) is 3.50. The molecule has 0 saturated heterocycles. The number of ether oxygens (including phenoxy) is 2. The average Bonchev–Trinajstić information content (AvgIpc) is 2.36. The van der Waals surface area contributed by atoms with Crippen LogP contribution in [0.2, 0.25) is 0 Å². The molecule has 1 aromatic rings. The minimum Gasteiger partial charge on any atom is -0.493 e. The predicted octanol–water partition coefficient (Wildman–Crippen LogP) is 1.49. The van der Waals surface area contributed by atoms with E-state index in [0.29, 0.717) is 23.6 Å². The van der Waals surface area contributed by atoms with E-state index in [0.717, 1.165) is 23.8 Å². The van der Waals surface area contributed by atoms with E-state index in [-0.39, 0.29) is 0 Å². The van der Waals surface area contributed by atoms with Gasteiger partial charge in [-0.2, -0.15) is 0 Å². The zero-order valence-corrected chi connectivity index (χ0v) is 9.32. The van der Waals surface area contributed by atoms with Gasteiger partial charge in [0.25, 0.3) is 0 Å². The first-order chi connectivity index (χ1) is 7.81. The molecule has 0 unspecified atom stereocenters. The summed E-state index contributed by atoms with van der Waals surface area (Å²) in [6.07, 6.45) is 3.35. The fourth-order valence-electron chi connectivity index (χ4n) is 1.94. The Morgan fingerprint density at radius 1 is 1.38 bits per heavy atom. The molecule has 16 heavy (non-hydrogen) atoms. The molecular formula is C12H13NO3. The van der Waals surface area contributed by atoms with Crippen LogP contribution in [-0.4, -0.2) is 33.3 Å². The SMILES string of the molecule is COc1cc2c(c(C=O)c1OC)CCN=C2. The van der Waals surface area contributed by atoms with E-state index >= 15 is 0 Å². The smallest absolute Gasteiger partial charge is 0.171 e. The Bertz CT molecular complexity index is 452. The van der Waals surface area contributed by atoms with Gasteiger partial charge in [-0.25, -0.2) is 0 Å². The second-order valence-corrected chi connectivity index (χ2v) is 3.50. The maximum atomic E-state index is 11.1. The van der Waals surface area contributed by atoms with Crippen molar-refractivity contribution in [3.8, 4) is 11.5 Å². The summed E-state index contributed by atoms with van der Waals surface area (Å²) in [5.74, 6) is 1.07. The zero-order chi connectivity index (χ0) is 11.5. The van der Waals surface area contributed by atoms with Crippen molar-refractivity contribution in [1.29, 1.82) is 0 Å². The number of fused-ring (bicyclic) bond motifs is 1. The molecule has 1 aromatic carbocycles. The molecule has 0 N–H and O–H groups in total. The average molecular weight is 219 g/mol. The summed E-state index contributed by atoms with van der Waals surface area (Å²) < 4.78 is 10.4. The van der Waals surface area contributed by atoms with Crippen molar-refractivity contribution in [1.82, 2.24) is 0 Å². The van der Waals surface area contributed by atoms with E-state index in [4.69, 9.17) is 9.47 Å². The number of hydrogen-bond donors (Lipinski definition) is 0. The van der Waals surface area contributed by atoms with E-state index in [1.54, 1.807) is 13.3 Å². The highest BCUT2D eigenvalue weighted by Crippen LogP contribution is 2.35. The van der Waals surface area contributed by atoms with Gasteiger partial charge in [-0.05, 0) is 18.1 Å². The van der Waals surface area contributed by atoms with E-state index in [2.05, 4.69) is 4.99 Å². The maximum absolute atomic E-state index is 11.1. The van der Waals surface area contributed by atoms with Crippen LogP contribution in [0.25, 0.3) is 0 Å². The molecule has 0 radical (unpaired) electrons. The first kappa shape index (κ1) is 10.7. The monoisotopic (exact) mass is 219 g/mol. The van der Waals surface area contributed by atoms with Gasteiger partial charge in [-0.3, -0.25) is 9.79 Å². The van der Waals surface area contributed by atoms with Gasteiger partial charge in [0, 0.05) is 18.3 Å². The van der Waals surface area contributed by atoms with Crippen molar-refractivity contribution in [2.24, 2.45) is 4.99 Å². The van der Waals surface area contributed by atoms with Crippen LogP contribution in [-0.2, 0) is 6.42 Å². The van der Waals surface area contributed by atoms with Crippen LogP contribution in [0.1, 0.15) is 21.5 Å². The molecule has 0 bridgehead atoms. The summed E-state index contributed by atoms with van der Waals surface area (Å²) >= 11 is 0. The number of methoxy groups -OCH3 is 2. The number of nitrogens with zero attached hydrogens (tertiary/aromatic N) is 1. The number of aldehydes is 1. The molecule has 0 spiro atoms. The quantitative estimate of drug-likeness (QED) is 0.724. The summed E-state index contributed by atoms with van der Waals surface area (Å²) in [5.41, 5.74) is 2.50. The number of carbonyl (C=O) groups is 1. The van der Waals surface area contributed by atoms with Gasteiger partial charge in [-0.1, -0.05) is 0 Å². The fourth-order valence-corrected chi connectivity index (χ4v) is 1.94. The van der Waals surface area contributed by atoms with Crippen LogP contribution in [0, 0.1) is 0 Å². The molecule has 1 aliphatic heterocycles. The minimum atomic E-state index is 0.506. The van der Waals surface area contributed by atoms with Crippen LogP contribution in [0.5, 0.6) is 11.5 Å². The van der Waals surface area contributed by atoms with Crippen LogP contribution in [0.3, 0.4) is 0 Å². The Morgan fingerprint density at radius 3 is 2.81 bits per heavy atom. The third-order valence-electron chi connectivity index (χ3n) is 2.69. The molecule has 4 heteroatoms. The second kappa shape index (κ2) is 4.35. The maximum Gasteiger partial charge on any atom is 0.171 e. The van der Waals surface area contributed by atoms with Gasteiger partial charge in [0.1, 0.15) is 0 Å². The standard InChI is InChI=1S/C12H13NO3/c1-15-11-5-8-6-13-4-3-9(8)10(7-14)12(11)16-2/h5-7H,3-4H2,1-2H3. The molecule has 0 saturated carbocycles. The van der Waals surface area contributed by atoms with Crippen molar-refractivity contribution in [3.63, 3.8) is 0 Å². The number of aliphatic imine (C=N–C) groups is 1. The fraction of sp³-hybridized carbons (Fsp3) is 0.333. The highest BCUT2D eigenvalue weighted by Gasteiger charge is 2.19. The summed E-state index contributed by atoms with van der Waals surface area (Å²) in [5, 5.41) is 0. The van der Waals surface area contributed by atoms with Gasteiger partial charge >= 0.3 is 0 Å². The Morgan fingerprint density at radius 2 is 2.19 bits per heavy atom. The number of hydrogen-bond acceptors (Lipinski definition) is 4. The molecule has 0 amide bonds. The first-order valence-corrected chi connectivity index (χ1v) is 5.04. The normalized spacial score (nSPS) is 13.1. The van der Waals surface area contributed by atoms with E-state index < -0.39 is 0 Å². The number of benzene rings is 1. The Labute approximate surface area is 93.9 Å². The lowest BCUT2D eigenvalue weighted by atomic mass is 9.96. The lowest BCUT2D eigenvalue weighted by molar-refractivity contribution is 0.111. The van der Waals surface area contributed by atoms with Crippen molar-refractivity contribution >= 4 is 12.5 Å². The first-order valence-electron chi connectivity index (χ1n) is 5.04. The van der Waals surface area contributed by atoms with E-state index in [1.165, 1.54) is 7.11 Å². The minimum absolute atomic E-state index is 0.506. The highest BCUT2D eigenvalue weighted by molar-refractivity contribution is 5.92. The van der Waals surface area contributed by atoms with Crippen LogP contribution in [0.4, 0.5) is 0 Å². The molecule has 4 nitrogen and oxygen atoms in total. The zero-order valence-electron chi connectivity index (χ0n) is 9.32. The van der Waals surface area contributed by atoms with Crippen molar-refractivity contribution in [2.45, 2.75) is 6.42 Å². The van der Waals surface area contributed by atoms with Crippen molar-refractivity contribution < 1.29 is 14.3 Å². The molecule has 0 fully saturated rings. The lowest BCUT2D eigenvalue weighted by Crippen LogP contribution is -2.09. The molecule has 0 atom stereocenters. The third kappa shape index (κ3) is 1.56.